The van der Waals surface area contributed by atoms with Crippen LogP contribution < -0.4 is 0 Å². The summed E-state index contributed by atoms with van der Waals surface area (Å²) in [6, 6.07) is 10.2. The summed E-state index contributed by atoms with van der Waals surface area (Å²) in [5, 5.41) is 10.9. The number of sulfone groups is 1. The normalized spacial score (nSPS) is 16.0. The Morgan fingerprint density at radius 2 is 1.77 bits per heavy atom. The standard InChI is InChI=1S/C21H23F2N5O2S/c1-27-21(24-25-26-27)16-3-6-18(7-4-16)31(29,30)19-9-12-28(13-10-19)11-8-15-2-5-17(22)14-20(15)23/h2-7,14,19H,8-13H2,1H3. The van der Waals surface area contributed by atoms with Crippen LogP contribution in [-0.4, -0.2) is 58.4 Å². The maximum absolute atomic E-state index is 13.8. The van der Waals surface area contributed by atoms with Crippen molar-refractivity contribution in [2.75, 3.05) is 19.6 Å². The molecule has 0 unspecified atom stereocenters. The van der Waals surface area contributed by atoms with Crippen molar-refractivity contribution in [3.05, 3.63) is 59.7 Å². The third-order valence-electron chi connectivity index (χ3n) is 5.75. The van der Waals surface area contributed by atoms with E-state index in [9.17, 15) is 17.2 Å². The Balaban J connectivity index is 1.36. The van der Waals surface area contributed by atoms with E-state index in [-0.39, 0.29) is 0 Å². The van der Waals surface area contributed by atoms with E-state index in [1.807, 2.05) is 0 Å². The van der Waals surface area contributed by atoms with Gasteiger partial charge in [-0.2, -0.15) is 0 Å². The summed E-state index contributed by atoms with van der Waals surface area (Å²) in [6.07, 6.45) is 1.49. The van der Waals surface area contributed by atoms with Gasteiger partial charge in [0.2, 0.25) is 0 Å². The quantitative estimate of drug-likeness (QED) is 0.578. The summed E-state index contributed by atoms with van der Waals surface area (Å²) in [7, 11) is -1.73. The van der Waals surface area contributed by atoms with Crippen LogP contribution in [0.5, 0.6) is 0 Å². The lowest BCUT2D eigenvalue weighted by Gasteiger charge is -2.31. The van der Waals surface area contributed by atoms with Gasteiger partial charge in [0.05, 0.1) is 10.1 Å². The topological polar surface area (TPSA) is 81.0 Å². The molecule has 0 aliphatic carbocycles. The van der Waals surface area contributed by atoms with Crippen molar-refractivity contribution in [1.82, 2.24) is 25.1 Å². The first-order valence-corrected chi connectivity index (χ1v) is 11.6. The fourth-order valence-electron chi connectivity index (χ4n) is 3.91. The number of hydrogen-bond acceptors (Lipinski definition) is 6. The zero-order valence-electron chi connectivity index (χ0n) is 17.1. The van der Waals surface area contributed by atoms with Crippen LogP contribution in [0.1, 0.15) is 18.4 Å². The van der Waals surface area contributed by atoms with Crippen molar-refractivity contribution >= 4 is 9.84 Å². The number of rotatable bonds is 6. The lowest BCUT2D eigenvalue weighted by atomic mass is 10.1. The monoisotopic (exact) mass is 447 g/mol. The van der Waals surface area contributed by atoms with Gasteiger partial charge < -0.3 is 4.90 Å². The number of nitrogens with zero attached hydrogens (tertiary/aromatic N) is 5. The van der Waals surface area contributed by atoms with Crippen molar-refractivity contribution in [3.8, 4) is 11.4 Å². The molecule has 0 bridgehead atoms. The molecule has 1 fully saturated rings. The molecule has 0 N–H and O–H groups in total. The molecular weight excluding hydrogens is 424 g/mol. The molecule has 4 rings (SSSR count). The molecule has 0 spiro atoms. The first-order chi connectivity index (χ1) is 14.8. The van der Waals surface area contributed by atoms with Gasteiger partial charge in [0, 0.05) is 25.2 Å². The summed E-state index contributed by atoms with van der Waals surface area (Å²) in [4.78, 5) is 2.41. The summed E-state index contributed by atoms with van der Waals surface area (Å²) in [5.74, 6) is -0.568. The SMILES string of the molecule is Cn1nnnc1-c1ccc(S(=O)(=O)C2CCN(CCc3ccc(F)cc3F)CC2)cc1. The van der Waals surface area contributed by atoms with Gasteiger partial charge >= 0.3 is 0 Å². The number of likely N-dealkylation sites (tertiary alicyclic amines) is 1. The van der Waals surface area contributed by atoms with Crippen LogP contribution in [0, 0.1) is 11.6 Å². The highest BCUT2D eigenvalue weighted by atomic mass is 32.2. The minimum atomic E-state index is -3.45. The molecule has 2 heterocycles. The van der Waals surface area contributed by atoms with Gasteiger partial charge in [-0.25, -0.2) is 21.9 Å². The number of halogens is 2. The van der Waals surface area contributed by atoms with E-state index in [4.69, 9.17) is 0 Å². The second kappa shape index (κ2) is 8.80. The number of aromatic nitrogens is 4. The van der Waals surface area contributed by atoms with Crippen LogP contribution in [0.2, 0.25) is 0 Å². The van der Waals surface area contributed by atoms with Crippen molar-refractivity contribution < 1.29 is 17.2 Å². The first kappa shape index (κ1) is 21.5. The van der Waals surface area contributed by atoms with Gasteiger partial charge in [-0.15, -0.1) is 5.10 Å². The third-order valence-corrected chi connectivity index (χ3v) is 8.03. The highest BCUT2D eigenvalue weighted by Gasteiger charge is 2.31. The lowest BCUT2D eigenvalue weighted by molar-refractivity contribution is 0.232. The summed E-state index contributed by atoms with van der Waals surface area (Å²) >= 11 is 0. The van der Waals surface area contributed by atoms with E-state index >= 15 is 0 Å². The fraction of sp³-hybridized carbons (Fsp3) is 0.381. The van der Waals surface area contributed by atoms with Crippen LogP contribution in [-0.2, 0) is 23.3 Å². The van der Waals surface area contributed by atoms with Crippen molar-refractivity contribution in [2.45, 2.75) is 29.4 Å². The molecule has 7 nitrogen and oxygen atoms in total. The average molecular weight is 448 g/mol. The smallest absolute Gasteiger partial charge is 0.181 e. The average Bonchev–Trinajstić information content (AvgIpc) is 3.19. The Morgan fingerprint density at radius 1 is 1.06 bits per heavy atom. The van der Waals surface area contributed by atoms with E-state index in [2.05, 4.69) is 20.4 Å². The first-order valence-electron chi connectivity index (χ1n) is 10.1. The van der Waals surface area contributed by atoms with E-state index in [1.54, 1.807) is 31.3 Å². The predicted molar refractivity (Wildman–Crippen MR) is 111 cm³/mol. The molecule has 0 amide bonds. The Morgan fingerprint density at radius 3 is 2.39 bits per heavy atom. The highest BCUT2D eigenvalue weighted by molar-refractivity contribution is 7.92. The number of benzene rings is 2. The molecule has 0 radical (unpaired) electrons. The van der Waals surface area contributed by atoms with Gasteiger partial charge in [-0.1, -0.05) is 6.07 Å². The van der Waals surface area contributed by atoms with Crippen LogP contribution >= 0.6 is 0 Å². The number of piperidine rings is 1. The van der Waals surface area contributed by atoms with Crippen molar-refractivity contribution in [2.24, 2.45) is 7.05 Å². The van der Waals surface area contributed by atoms with Crippen LogP contribution in [0.15, 0.2) is 47.4 Å². The van der Waals surface area contributed by atoms with Crippen molar-refractivity contribution in [1.29, 1.82) is 0 Å². The number of hydrogen-bond donors (Lipinski definition) is 0. The third kappa shape index (κ3) is 4.64. The van der Waals surface area contributed by atoms with E-state index < -0.39 is 26.7 Å². The zero-order valence-corrected chi connectivity index (χ0v) is 17.9. The number of aryl methyl sites for hydroxylation is 1. The van der Waals surface area contributed by atoms with Gasteiger partial charge in [0.1, 0.15) is 11.6 Å². The summed E-state index contributed by atoms with van der Waals surface area (Å²) in [6.45, 7) is 1.85. The van der Waals surface area contributed by atoms with E-state index in [0.29, 0.717) is 55.2 Å². The van der Waals surface area contributed by atoms with Crippen LogP contribution in [0.3, 0.4) is 0 Å². The fourth-order valence-corrected chi connectivity index (χ4v) is 5.64. The Labute approximate surface area is 179 Å². The Bertz CT molecular complexity index is 1160. The molecule has 1 aliphatic rings. The molecule has 31 heavy (non-hydrogen) atoms. The van der Waals surface area contributed by atoms with Gasteiger partial charge in [-0.3, -0.25) is 0 Å². The van der Waals surface area contributed by atoms with Crippen LogP contribution in [0.25, 0.3) is 11.4 Å². The highest BCUT2D eigenvalue weighted by Crippen LogP contribution is 2.26. The van der Waals surface area contributed by atoms with E-state index in [1.165, 1.54) is 16.8 Å². The maximum Gasteiger partial charge on any atom is 0.181 e. The Kier molecular flexibility index (Phi) is 6.10. The molecule has 0 saturated carbocycles. The zero-order chi connectivity index (χ0) is 22.0. The molecule has 1 saturated heterocycles. The largest absolute Gasteiger partial charge is 0.303 e. The van der Waals surface area contributed by atoms with Gasteiger partial charge in [-0.05, 0) is 78.7 Å². The molecule has 164 valence electrons. The number of tetrazole rings is 1. The second-order valence-electron chi connectivity index (χ2n) is 7.72. The maximum atomic E-state index is 13.8. The molecule has 1 aromatic heterocycles. The minimum absolute atomic E-state index is 0.290. The van der Waals surface area contributed by atoms with Crippen molar-refractivity contribution in [3.63, 3.8) is 0 Å². The Hall–Kier alpha value is -2.72. The predicted octanol–water partition coefficient (Wildman–Crippen LogP) is 2.64. The summed E-state index contributed by atoms with van der Waals surface area (Å²) in [5.41, 5.74) is 1.21. The molecule has 3 aromatic rings. The molecule has 0 atom stereocenters. The van der Waals surface area contributed by atoms with Crippen LogP contribution in [0.4, 0.5) is 8.78 Å². The second-order valence-corrected chi connectivity index (χ2v) is 9.95. The molecule has 1 aliphatic heterocycles. The lowest BCUT2D eigenvalue weighted by Crippen LogP contribution is -2.40. The molecule has 2 aromatic carbocycles. The molecular formula is C21H23F2N5O2S. The van der Waals surface area contributed by atoms with Gasteiger partial charge in [0.15, 0.2) is 15.7 Å². The summed E-state index contributed by atoms with van der Waals surface area (Å²) < 4.78 is 54.5. The minimum Gasteiger partial charge on any atom is -0.303 e. The van der Waals surface area contributed by atoms with E-state index in [0.717, 1.165) is 11.6 Å². The van der Waals surface area contributed by atoms with Gasteiger partial charge in [0.25, 0.3) is 0 Å². The molecule has 10 heteroatoms.